The van der Waals surface area contributed by atoms with Gasteiger partial charge in [0.15, 0.2) is 5.69 Å². The van der Waals surface area contributed by atoms with Gasteiger partial charge in [-0.3, -0.25) is 4.98 Å². The van der Waals surface area contributed by atoms with E-state index in [9.17, 15) is 18.7 Å². The van der Waals surface area contributed by atoms with Crippen LogP contribution in [0, 0.1) is 11.6 Å². The summed E-state index contributed by atoms with van der Waals surface area (Å²) >= 11 is 3.22. The van der Waals surface area contributed by atoms with Crippen molar-refractivity contribution in [1.29, 1.82) is 0 Å². The van der Waals surface area contributed by atoms with Gasteiger partial charge in [0, 0.05) is 15.6 Å². The zero-order chi connectivity index (χ0) is 22.0. The normalized spacial score (nSPS) is 13.5. The fourth-order valence-corrected chi connectivity index (χ4v) is 3.93. The van der Waals surface area contributed by atoms with Crippen LogP contribution >= 0.6 is 15.9 Å². The maximum absolute atomic E-state index is 14.2. The molecular formula is C23H17BrF2N2O3. The van der Waals surface area contributed by atoms with Crippen LogP contribution in [0.5, 0.6) is 5.75 Å². The second-order valence-corrected chi connectivity index (χ2v) is 7.99. The van der Waals surface area contributed by atoms with Crippen molar-refractivity contribution in [3.8, 4) is 5.75 Å². The molecule has 0 bridgehead atoms. The monoisotopic (exact) mass is 486 g/mol. The molecule has 8 heteroatoms. The van der Waals surface area contributed by atoms with Gasteiger partial charge < -0.3 is 9.84 Å². The highest BCUT2D eigenvalue weighted by Crippen LogP contribution is 2.42. The molecule has 0 amide bonds. The van der Waals surface area contributed by atoms with Gasteiger partial charge in [-0.2, -0.15) is 0 Å². The second-order valence-electron chi connectivity index (χ2n) is 7.07. The Kier molecular flexibility index (Phi) is 6.08. The van der Waals surface area contributed by atoms with E-state index < -0.39 is 17.6 Å². The standard InChI is InChI=1S/C23H17BrF2N2O3/c24-14-5-4-13(19(26)8-14)12-31-22-7-6-15(25)9-18(22)16-2-1-3-17(16)20-10-27-11-21(28-20)23(29)30/h4-11H,1-3,12H2,(H,29,30). The van der Waals surface area contributed by atoms with E-state index >= 15 is 0 Å². The van der Waals surface area contributed by atoms with Crippen molar-refractivity contribution < 1.29 is 23.4 Å². The summed E-state index contributed by atoms with van der Waals surface area (Å²) in [7, 11) is 0. The minimum Gasteiger partial charge on any atom is -0.488 e. The number of aromatic carboxylic acids is 1. The highest BCUT2D eigenvalue weighted by atomic mass is 79.9. The van der Waals surface area contributed by atoms with Crippen LogP contribution < -0.4 is 4.74 Å². The number of hydrogen-bond acceptors (Lipinski definition) is 4. The van der Waals surface area contributed by atoms with Gasteiger partial charge in [0.25, 0.3) is 0 Å². The molecule has 0 radical (unpaired) electrons. The Morgan fingerprint density at radius 3 is 2.68 bits per heavy atom. The van der Waals surface area contributed by atoms with Crippen LogP contribution in [0.1, 0.15) is 46.6 Å². The first-order chi connectivity index (χ1) is 14.9. The number of carboxylic acids is 1. The summed E-state index contributed by atoms with van der Waals surface area (Å²) in [6, 6.07) is 8.88. The van der Waals surface area contributed by atoms with E-state index in [0.717, 1.165) is 17.6 Å². The molecule has 0 unspecified atom stereocenters. The van der Waals surface area contributed by atoms with Crippen LogP contribution in [0.25, 0.3) is 11.1 Å². The van der Waals surface area contributed by atoms with Gasteiger partial charge in [0.1, 0.15) is 24.0 Å². The molecule has 0 atom stereocenters. The lowest BCUT2D eigenvalue weighted by atomic mass is 9.99. The number of nitrogens with zero attached hydrogens (tertiary/aromatic N) is 2. The zero-order valence-corrected chi connectivity index (χ0v) is 17.8. The Morgan fingerprint density at radius 2 is 1.90 bits per heavy atom. The highest BCUT2D eigenvalue weighted by Gasteiger charge is 2.23. The molecule has 31 heavy (non-hydrogen) atoms. The molecule has 0 fully saturated rings. The average Bonchev–Trinajstić information content (AvgIpc) is 3.23. The predicted molar refractivity (Wildman–Crippen MR) is 114 cm³/mol. The van der Waals surface area contributed by atoms with E-state index in [4.69, 9.17) is 4.74 Å². The first-order valence-corrected chi connectivity index (χ1v) is 10.4. The van der Waals surface area contributed by atoms with Gasteiger partial charge in [0.2, 0.25) is 0 Å². The Hall–Kier alpha value is -3.13. The molecule has 0 saturated heterocycles. The number of halogens is 3. The molecule has 1 heterocycles. The smallest absolute Gasteiger partial charge is 0.356 e. The summed E-state index contributed by atoms with van der Waals surface area (Å²) in [6.45, 7) is -0.0192. The first-order valence-electron chi connectivity index (χ1n) is 9.57. The summed E-state index contributed by atoms with van der Waals surface area (Å²) in [5.74, 6) is -1.58. The Balaban J connectivity index is 1.71. The molecule has 4 rings (SSSR count). The van der Waals surface area contributed by atoms with Crippen LogP contribution in [0.4, 0.5) is 8.78 Å². The van der Waals surface area contributed by atoms with Gasteiger partial charge in [0.05, 0.1) is 18.1 Å². The van der Waals surface area contributed by atoms with E-state index in [1.807, 2.05) is 0 Å². The summed E-state index contributed by atoms with van der Waals surface area (Å²) in [5, 5.41) is 9.21. The van der Waals surface area contributed by atoms with E-state index in [-0.39, 0.29) is 12.3 Å². The number of hydrogen-bond donors (Lipinski definition) is 1. The van der Waals surface area contributed by atoms with Crippen molar-refractivity contribution in [3.63, 3.8) is 0 Å². The van der Waals surface area contributed by atoms with Gasteiger partial charge in [-0.1, -0.05) is 22.0 Å². The van der Waals surface area contributed by atoms with Gasteiger partial charge >= 0.3 is 5.97 Å². The van der Waals surface area contributed by atoms with Gasteiger partial charge in [-0.15, -0.1) is 0 Å². The molecule has 0 aliphatic heterocycles. The lowest BCUT2D eigenvalue weighted by Gasteiger charge is -2.15. The molecule has 1 N–H and O–H groups in total. The Bertz CT molecular complexity index is 1200. The van der Waals surface area contributed by atoms with Crippen LogP contribution in [-0.4, -0.2) is 21.0 Å². The van der Waals surface area contributed by atoms with Crippen molar-refractivity contribution in [2.45, 2.75) is 25.9 Å². The van der Waals surface area contributed by atoms with Crippen molar-refractivity contribution in [3.05, 3.63) is 87.4 Å². The summed E-state index contributed by atoms with van der Waals surface area (Å²) < 4.78 is 34.8. The summed E-state index contributed by atoms with van der Waals surface area (Å²) in [6.07, 6.45) is 4.81. The van der Waals surface area contributed by atoms with Crippen LogP contribution in [0.2, 0.25) is 0 Å². The quantitative estimate of drug-likeness (QED) is 0.470. The van der Waals surface area contributed by atoms with Crippen LogP contribution in [0.3, 0.4) is 0 Å². The lowest BCUT2D eigenvalue weighted by Crippen LogP contribution is -2.04. The SMILES string of the molecule is O=C(O)c1cncc(C2=C(c3cc(F)ccc3OCc3ccc(Br)cc3F)CCC2)n1. The molecule has 3 aromatic rings. The second kappa shape index (κ2) is 8.93. The Labute approximate surface area is 185 Å². The van der Waals surface area contributed by atoms with E-state index in [1.54, 1.807) is 12.1 Å². The van der Waals surface area contributed by atoms with Crippen molar-refractivity contribution in [1.82, 2.24) is 9.97 Å². The largest absolute Gasteiger partial charge is 0.488 e. The first kappa shape index (κ1) is 21.1. The van der Waals surface area contributed by atoms with E-state index in [0.29, 0.717) is 39.9 Å². The molecule has 0 saturated carbocycles. The number of allylic oxidation sites excluding steroid dienone is 2. The summed E-state index contributed by atoms with van der Waals surface area (Å²) in [5.41, 5.74) is 2.84. The number of rotatable bonds is 6. The number of carboxylic acid groups (broad SMARTS) is 1. The fourth-order valence-electron chi connectivity index (χ4n) is 3.60. The lowest BCUT2D eigenvalue weighted by molar-refractivity contribution is 0.0690. The highest BCUT2D eigenvalue weighted by molar-refractivity contribution is 9.10. The maximum Gasteiger partial charge on any atom is 0.356 e. The third kappa shape index (κ3) is 4.64. The van der Waals surface area contributed by atoms with Crippen LogP contribution in [-0.2, 0) is 6.61 Å². The van der Waals surface area contributed by atoms with Gasteiger partial charge in [-0.05, 0) is 60.7 Å². The minimum atomic E-state index is -1.17. The molecule has 0 spiro atoms. The van der Waals surface area contributed by atoms with Crippen molar-refractivity contribution >= 4 is 33.0 Å². The molecule has 2 aromatic carbocycles. The number of carbonyl (C=O) groups is 1. The topological polar surface area (TPSA) is 72.3 Å². The minimum absolute atomic E-state index is 0.0192. The van der Waals surface area contributed by atoms with Crippen molar-refractivity contribution in [2.24, 2.45) is 0 Å². The third-order valence-electron chi connectivity index (χ3n) is 5.05. The number of ether oxygens (including phenoxy) is 1. The molecule has 1 aliphatic rings. The zero-order valence-electron chi connectivity index (χ0n) is 16.2. The maximum atomic E-state index is 14.2. The van der Waals surface area contributed by atoms with Crippen LogP contribution in [0.15, 0.2) is 53.3 Å². The molecule has 5 nitrogen and oxygen atoms in total. The number of benzene rings is 2. The molecular weight excluding hydrogens is 470 g/mol. The molecule has 1 aliphatic carbocycles. The van der Waals surface area contributed by atoms with Gasteiger partial charge in [-0.25, -0.2) is 18.6 Å². The van der Waals surface area contributed by atoms with Crippen molar-refractivity contribution in [2.75, 3.05) is 0 Å². The molecule has 1 aromatic heterocycles. The average molecular weight is 487 g/mol. The number of aromatic nitrogens is 2. The summed E-state index contributed by atoms with van der Waals surface area (Å²) in [4.78, 5) is 19.4. The third-order valence-corrected chi connectivity index (χ3v) is 5.54. The van der Waals surface area contributed by atoms with E-state index in [1.165, 1.54) is 36.7 Å². The Morgan fingerprint density at radius 1 is 1.10 bits per heavy atom. The molecule has 158 valence electrons. The predicted octanol–water partition coefficient (Wildman–Crippen LogP) is 5.89. The fraction of sp³-hybridized carbons (Fsp3) is 0.174. The van der Waals surface area contributed by atoms with E-state index in [2.05, 4.69) is 25.9 Å².